The lowest BCUT2D eigenvalue weighted by Gasteiger charge is -2.09. The van der Waals surface area contributed by atoms with Gasteiger partial charge in [-0.1, -0.05) is 36.5 Å². The molecular formula is C17H12N2O3S. The minimum Gasteiger partial charge on any atom is -0.451 e. The quantitative estimate of drug-likeness (QED) is 0.724. The van der Waals surface area contributed by atoms with Gasteiger partial charge in [0.1, 0.15) is 4.99 Å². The van der Waals surface area contributed by atoms with Gasteiger partial charge >= 0.3 is 0 Å². The SMILES string of the molecule is NC(=S)c1cc(=O)c2cccc(NC(=O)c3ccccc3)c2o1. The van der Waals surface area contributed by atoms with Crippen LogP contribution in [0.15, 0.2) is 63.8 Å². The van der Waals surface area contributed by atoms with Crippen LogP contribution < -0.4 is 16.5 Å². The molecule has 5 nitrogen and oxygen atoms in total. The molecular weight excluding hydrogens is 312 g/mol. The van der Waals surface area contributed by atoms with E-state index in [4.69, 9.17) is 22.4 Å². The lowest BCUT2D eigenvalue weighted by molar-refractivity contribution is 0.102. The summed E-state index contributed by atoms with van der Waals surface area (Å²) < 4.78 is 5.59. The van der Waals surface area contributed by atoms with Gasteiger partial charge in [0.05, 0.1) is 11.1 Å². The van der Waals surface area contributed by atoms with Crippen LogP contribution in [0, 0.1) is 0 Å². The first-order chi connectivity index (χ1) is 11.1. The van der Waals surface area contributed by atoms with Gasteiger partial charge in [-0.2, -0.15) is 0 Å². The zero-order valence-corrected chi connectivity index (χ0v) is 12.7. The van der Waals surface area contributed by atoms with Gasteiger partial charge in [0.2, 0.25) is 0 Å². The average molecular weight is 324 g/mol. The van der Waals surface area contributed by atoms with Crippen molar-refractivity contribution in [1.82, 2.24) is 0 Å². The Bertz CT molecular complexity index is 964. The average Bonchev–Trinajstić information content (AvgIpc) is 2.56. The first kappa shape index (κ1) is 14.9. The van der Waals surface area contributed by atoms with Crippen molar-refractivity contribution >= 4 is 39.8 Å². The molecule has 1 amide bonds. The lowest BCUT2D eigenvalue weighted by atomic mass is 10.1. The Kier molecular flexibility index (Phi) is 3.91. The molecule has 6 heteroatoms. The van der Waals surface area contributed by atoms with E-state index in [2.05, 4.69) is 5.32 Å². The summed E-state index contributed by atoms with van der Waals surface area (Å²) in [5, 5.41) is 3.08. The van der Waals surface area contributed by atoms with Crippen LogP contribution in [0.4, 0.5) is 5.69 Å². The summed E-state index contributed by atoms with van der Waals surface area (Å²) in [6.07, 6.45) is 0. The predicted molar refractivity (Wildman–Crippen MR) is 92.8 cm³/mol. The molecule has 0 atom stereocenters. The Morgan fingerprint density at radius 2 is 1.83 bits per heavy atom. The third-order valence-corrected chi connectivity index (χ3v) is 3.48. The first-order valence-corrected chi connectivity index (χ1v) is 7.20. The number of hydrogen-bond donors (Lipinski definition) is 2. The van der Waals surface area contributed by atoms with E-state index >= 15 is 0 Å². The second-order valence-electron chi connectivity index (χ2n) is 4.84. The van der Waals surface area contributed by atoms with Crippen molar-refractivity contribution in [3.8, 4) is 0 Å². The van der Waals surface area contributed by atoms with Gasteiger partial charge in [0.25, 0.3) is 5.91 Å². The third-order valence-electron chi connectivity index (χ3n) is 3.28. The van der Waals surface area contributed by atoms with E-state index in [-0.39, 0.29) is 27.7 Å². The monoisotopic (exact) mass is 324 g/mol. The summed E-state index contributed by atoms with van der Waals surface area (Å²) in [6, 6.07) is 14.9. The number of benzene rings is 2. The van der Waals surface area contributed by atoms with E-state index in [1.807, 2.05) is 6.07 Å². The molecule has 1 aromatic heterocycles. The number of para-hydroxylation sites is 1. The number of thiocarbonyl (C=S) groups is 1. The molecule has 0 saturated carbocycles. The van der Waals surface area contributed by atoms with Crippen LogP contribution in [0.3, 0.4) is 0 Å². The minimum atomic E-state index is -0.304. The molecule has 3 aromatic rings. The predicted octanol–water partition coefficient (Wildman–Crippen LogP) is 2.68. The highest BCUT2D eigenvalue weighted by atomic mass is 32.1. The van der Waals surface area contributed by atoms with Crippen LogP contribution in [0.25, 0.3) is 11.0 Å². The molecule has 0 aliphatic heterocycles. The van der Waals surface area contributed by atoms with Gasteiger partial charge < -0.3 is 15.5 Å². The van der Waals surface area contributed by atoms with E-state index in [0.717, 1.165) is 0 Å². The standard InChI is InChI=1S/C17H12N2O3S/c18-16(23)14-9-13(20)11-7-4-8-12(15(11)22-14)19-17(21)10-5-2-1-3-6-10/h1-9H,(H2,18,23)(H,19,21). The van der Waals surface area contributed by atoms with Crippen LogP contribution in [0.5, 0.6) is 0 Å². The summed E-state index contributed by atoms with van der Waals surface area (Å²) in [5.41, 5.74) is 6.38. The maximum Gasteiger partial charge on any atom is 0.255 e. The normalized spacial score (nSPS) is 10.4. The van der Waals surface area contributed by atoms with Gasteiger partial charge in [-0.05, 0) is 24.3 Å². The Hall–Kier alpha value is -2.99. The van der Waals surface area contributed by atoms with E-state index in [1.54, 1.807) is 42.5 Å². The zero-order chi connectivity index (χ0) is 16.4. The molecule has 23 heavy (non-hydrogen) atoms. The molecule has 0 aliphatic carbocycles. The molecule has 0 bridgehead atoms. The molecule has 3 rings (SSSR count). The number of nitrogens with two attached hydrogens (primary N) is 1. The fourth-order valence-electron chi connectivity index (χ4n) is 2.18. The maximum absolute atomic E-state index is 12.3. The molecule has 0 aliphatic rings. The van der Waals surface area contributed by atoms with Crippen molar-refractivity contribution < 1.29 is 9.21 Å². The lowest BCUT2D eigenvalue weighted by Crippen LogP contribution is -2.15. The molecule has 0 spiro atoms. The number of carbonyl (C=O) groups excluding carboxylic acids is 1. The Morgan fingerprint density at radius 3 is 2.52 bits per heavy atom. The number of amides is 1. The highest BCUT2D eigenvalue weighted by Gasteiger charge is 2.13. The van der Waals surface area contributed by atoms with Crippen molar-refractivity contribution in [3.05, 3.63) is 76.1 Å². The second-order valence-corrected chi connectivity index (χ2v) is 5.28. The number of rotatable bonds is 3. The van der Waals surface area contributed by atoms with Gasteiger partial charge in [0, 0.05) is 11.6 Å². The minimum absolute atomic E-state index is 0.0202. The third kappa shape index (κ3) is 2.97. The van der Waals surface area contributed by atoms with Crippen LogP contribution in [0.2, 0.25) is 0 Å². The van der Waals surface area contributed by atoms with Crippen LogP contribution in [-0.4, -0.2) is 10.9 Å². The zero-order valence-electron chi connectivity index (χ0n) is 11.9. The summed E-state index contributed by atoms with van der Waals surface area (Å²) >= 11 is 4.85. The smallest absolute Gasteiger partial charge is 0.255 e. The van der Waals surface area contributed by atoms with Crippen LogP contribution in [-0.2, 0) is 0 Å². The van der Waals surface area contributed by atoms with Gasteiger partial charge in [-0.3, -0.25) is 9.59 Å². The molecule has 114 valence electrons. The first-order valence-electron chi connectivity index (χ1n) is 6.79. The van der Waals surface area contributed by atoms with E-state index in [1.165, 1.54) is 6.07 Å². The maximum atomic E-state index is 12.3. The topological polar surface area (TPSA) is 85.3 Å². The summed E-state index contributed by atoms with van der Waals surface area (Å²) in [4.78, 5) is 24.4. The van der Waals surface area contributed by atoms with Crippen molar-refractivity contribution in [3.63, 3.8) is 0 Å². The molecule has 0 saturated heterocycles. The summed E-state index contributed by atoms with van der Waals surface area (Å²) in [5.74, 6) is -0.194. The Morgan fingerprint density at radius 1 is 1.09 bits per heavy atom. The van der Waals surface area contributed by atoms with Crippen molar-refractivity contribution in [1.29, 1.82) is 0 Å². The van der Waals surface area contributed by atoms with Crippen molar-refractivity contribution in [2.45, 2.75) is 0 Å². The fourth-order valence-corrected chi connectivity index (χ4v) is 2.28. The molecule has 3 N–H and O–H groups in total. The number of hydrogen-bond acceptors (Lipinski definition) is 4. The molecule has 0 fully saturated rings. The van der Waals surface area contributed by atoms with Crippen LogP contribution in [0.1, 0.15) is 16.1 Å². The summed E-state index contributed by atoms with van der Waals surface area (Å²) in [7, 11) is 0. The highest BCUT2D eigenvalue weighted by molar-refractivity contribution is 7.80. The van der Waals surface area contributed by atoms with Crippen molar-refractivity contribution in [2.75, 3.05) is 5.32 Å². The molecule has 0 radical (unpaired) electrons. The highest BCUT2D eigenvalue weighted by Crippen LogP contribution is 2.23. The van der Waals surface area contributed by atoms with E-state index in [9.17, 15) is 9.59 Å². The number of anilines is 1. The van der Waals surface area contributed by atoms with Gasteiger partial charge in [-0.15, -0.1) is 0 Å². The largest absolute Gasteiger partial charge is 0.451 e. The fraction of sp³-hybridized carbons (Fsp3) is 0. The van der Waals surface area contributed by atoms with Crippen LogP contribution >= 0.6 is 12.2 Å². The Labute approximate surface area is 136 Å². The van der Waals surface area contributed by atoms with E-state index in [0.29, 0.717) is 16.6 Å². The molecule has 2 aromatic carbocycles. The second kappa shape index (κ2) is 6.02. The van der Waals surface area contributed by atoms with Gasteiger partial charge in [-0.25, -0.2) is 0 Å². The number of nitrogens with one attached hydrogen (secondary N) is 1. The summed E-state index contributed by atoms with van der Waals surface area (Å²) in [6.45, 7) is 0. The Balaban J connectivity index is 2.09. The number of carbonyl (C=O) groups is 1. The number of fused-ring (bicyclic) bond motifs is 1. The van der Waals surface area contributed by atoms with E-state index < -0.39 is 0 Å². The molecule has 0 unspecified atom stereocenters. The molecule has 1 heterocycles. The van der Waals surface area contributed by atoms with Gasteiger partial charge in [0.15, 0.2) is 16.8 Å². The van der Waals surface area contributed by atoms with Crippen molar-refractivity contribution in [2.24, 2.45) is 5.73 Å².